The van der Waals surface area contributed by atoms with Gasteiger partial charge >= 0.3 is 0 Å². The molecule has 0 bridgehead atoms. The van der Waals surface area contributed by atoms with Crippen LogP contribution in [0.3, 0.4) is 0 Å². The van der Waals surface area contributed by atoms with Crippen LogP contribution >= 0.6 is 0 Å². The number of hydrogen-bond donors (Lipinski definition) is 3. The highest BCUT2D eigenvalue weighted by atomic mass is 16.3. The minimum Gasteiger partial charge on any atom is -0.395 e. The molecule has 3 N–H and O–H groups in total. The van der Waals surface area contributed by atoms with E-state index in [4.69, 9.17) is 5.11 Å². The van der Waals surface area contributed by atoms with Crippen LogP contribution in [0.5, 0.6) is 0 Å². The minimum atomic E-state index is -0.787. The molecule has 0 aliphatic carbocycles. The molecule has 6 heteroatoms. The normalized spacial score (nSPS) is 12.1. The number of amides is 1. The average Bonchev–Trinajstić information content (AvgIpc) is 2.78. The first-order valence-corrected chi connectivity index (χ1v) is 10.7. The van der Waals surface area contributed by atoms with Crippen molar-refractivity contribution in [1.29, 1.82) is 0 Å². The van der Waals surface area contributed by atoms with Crippen LogP contribution in [-0.4, -0.2) is 52.7 Å². The smallest absolute Gasteiger partial charge is 0.251 e. The van der Waals surface area contributed by atoms with Gasteiger partial charge in [0.2, 0.25) is 0 Å². The Morgan fingerprint density at radius 3 is 2.47 bits per heavy atom. The minimum absolute atomic E-state index is 0.0220. The van der Waals surface area contributed by atoms with Crippen molar-refractivity contribution in [2.75, 3.05) is 26.7 Å². The second kappa shape index (κ2) is 11.0. The van der Waals surface area contributed by atoms with Crippen molar-refractivity contribution in [1.82, 2.24) is 15.2 Å². The third-order valence-corrected chi connectivity index (χ3v) is 5.38. The Kier molecular flexibility index (Phi) is 8.11. The fraction of sp³-hybridized carbons (Fsp3) is 0.308. The van der Waals surface area contributed by atoms with E-state index in [1.807, 2.05) is 74.3 Å². The Bertz CT molecular complexity index is 1030. The molecule has 1 atom stereocenters. The maximum Gasteiger partial charge on any atom is 0.251 e. The Morgan fingerprint density at radius 2 is 1.81 bits per heavy atom. The lowest BCUT2D eigenvalue weighted by molar-refractivity contribution is 0.0950. The molecule has 0 saturated heterocycles. The Hall–Kier alpha value is -3.06. The number of nitrogens with one attached hydrogen (secondary N) is 1. The highest BCUT2D eigenvalue weighted by Crippen LogP contribution is 2.26. The van der Waals surface area contributed by atoms with Gasteiger partial charge in [-0.25, -0.2) is 0 Å². The monoisotopic (exact) mass is 433 g/mol. The van der Waals surface area contributed by atoms with Gasteiger partial charge in [-0.15, -0.1) is 0 Å². The number of aryl methyl sites for hydroxylation is 2. The number of carbonyl (C=O) groups is 1. The lowest BCUT2D eigenvalue weighted by Crippen LogP contribution is -2.28. The first-order chi connectivity index (χ1) is 15.4. The molecule has 0 aliphatic heterocycles. The van der Waals surface area contributed by atoms with Crippen molar-refractivity contribution in [2.24, 2.45) is 0 Å². The van der Waals surface area contributed by atoms with Gasteiger partial charge in [0.1, 0.15) is 0 Å². The van der Waals surface area contributed by atoms with Crippen molar-refractivity contribution in [3.63, 3.8) is 0 Å². The van der Waals surface area contributed by atoms with Crippen molar-refractivity contribution in [3.05, 3.63) is 88.7 Å². The van der Waals surface area contributed by atoms with Gasteiger partial charge in [-0.05, 0) is 67.4 Å². The zero-order valence-electron chi connectivity index (χ0n) is 18.9. The number of benzene rings is 2. The van der Waals surface area contributed by atoms with Gasteiger partial charge in [-0.2, -0.15) is 0 Å². The number of aliphatic hydroxyl groups excluding tert-OH is 2. The molecule has 0 spiro atoms. The molecule has 0 radical (unpaired) electrons. The maximum atomic E-state index is 13.0. The van der Waals surface area contributed by atoms with Gasteiger partial charge in [-0.1, -0.05) is 35.9 Å². The molecular weight excluding hydrogens is 402 g/mol. The van der Waals surface area contributed by atoms with Gasteiger partial charge in [0, 0.05) is 37.1 Å². The SMILES string of the molecule is Cc1ccc(-c2cc(C(=O)NCc3ccc(C)nc3)cc(C(O)CN(C)CCO)c2)cc1. The van der Waals surface area contributed by atoms with Gasteiger partial charge < -0.3 is 20.4 Å². The zero-order valence-corrected chi connectivity index (χ0v) is 18.9. The van der Waals surface area contributed by atoms with Gasteiger partial charge in [0.15, 0.2) is 0 Å². The summed E-state index contributed by atoms with van der Waals surface area (Å²) in [4.78, 5) is 19.1. The summed E-state index contributed by atoms with van der Waals surface area (Å²) in [6.07, 6.45) is 0.967. The van der Waals surface area contributed by atoms with E-state index in [-0.39, 0.29) is 12.5 Å². The van der Waals surface area contributed by atoms with Crippen molar-refractivity contribution >= 4 is 5.91 Å². The van der Waals surface area contributed by atoms with E-state index in [9.17, 15) is 9.90 Å². The number of aliphatic hydroxyl groups is 2. The van der Waals surface area contributed by atoms with Gasteiger partial charge in [0.25, 0.3) is 5.91 Å². The van der Waals surface area contributed by atoms with Gasteiger partial charge in [-0.3, -0.25) is 9.78 Å². The summed E-state index contributed by atoms with van der Waals surface area (Å²) in [5.74, 6) is -0.211. The van der Waals surface area contributed by atoms with Crippen LogP contribution in [0.1, 0.15) is 38.8 Å². The lowest BCUT2D eigenvalue weighted by atomic mass is 9.96. The highest BCUT2D eigenvalue weighted by Gasteiger charge is 2.16. The van der Waals surface area contributed by atoms with Crippen molar-refractivity contribution < 1.29 is 15.0 Å². The largest absolute Gasteiger partial charge is 0.395 e. The molecule has 1 heterocycles. The second-order valence-electron chi connectivity index (χ2n) is 8.20. The molecule has 0 saturated carbocycles. The summed E-state index contributed by atoms with van der Waals surface area (Å²) in [6, 6.07) is 17.4. The number of nitrogens with zero attached hydrogens (tertiary/aromatic N) is 2. The summed E-state index contributed by atoms with van der Waals surface area (Å²) in [6.45, 7) is 5.16. The van der Waals surface area contributed by atoms with E-state index in [1.165, 1.54) is 0 Å². The van der Waals surface area contributed by atoms with E-state index in [0.29, 0.717) is 30.8 Å². The number of aromatic nitrogens is 1. The van der Waals surface area contributed by atoms with Gasteiger partial charge in [0.05, 0.1) is 12.7 Å². The molecule has 1 aromatic heterocycles. The van der Waals surface area contributed by atoms with Crippen LogP contribution in [0.4, 0.5) is 0 Å². The van der Waals surface area contributed by atoms with Crippen LogP contribution in [-0.2, 0) is 6.54 Å². The second-order valence-corrected chi connectivity index (χ2v) is 8.20. The topological polar surface area (TPSA) is 85.7 Å². The van der Waals surface area contributed by atoms with E-state index in [0.717, 1.165) is 27.9 Å². The predicted molar refractivity (Wildman–Crippen MR) is 126 cm³/mol. The molecule has 0 fully saturated rings. The molecule has 3 aromatic rings. The first kappa shape index (κ1) is 23.6. The Morgan fingerprint density at radius 1 is 1.06 bits per heavy atom. The zero-order chi connectivity index (χ0) is 23.1. The number of hydrogen-bond acceptors (Lipinski definition) is 5. The fourth-order valence-corrected chi connectivity index (χ4v) is 3.44. The Labute approximate surface area is 189 Å². The molecule has 1 unspecified atom stereocenters. The molecule has 1 amide bonds. The van der Waals surface area contributed by atoms with E-state index >= 15 is 0 Å². The maximum absolute atomic E-state index is 13.0. The lowest BCUT2D eigenvalue weighted by Gasteiger charge is -2.21. The van der Waals surface area contributed by atoms with Crippen molar-refractivity contribution in [3.8, 4) is 11.1 Å². The average molecular weight is 434 g/mol. The summed E-state index contributed by atoms with van der Waals surface area (Å²) >= 11 is 0. The summed E-state index contributed by atoms with van der Waals surface area (Å²) < 4.78 is 0. The van der Waals surface area contributed by atoms with Crippen molar-refractivity contribution in [2.45, 2.75) is 26.5 Å². The number of likely N-dealkylation sites (N-methyl/N-ethyl adjacent to an activating group) is 1. The third-order valence-electron chi connectivity index (χ3n) is 5.38. The number of carbonyl (C=O) groups excluding carboxylic acids is 1. The fourth-order valence-electron chi connectivity index (χ4n) is 3.44. The molecule has 0 aliphatic rings. The molecule has 6 nitrogen and oxygen atoms in total. The summed E-state index contributed by atoms with van der Waals surface area (Å²) in [7, 11) is 1.84. The van der Waals surface area contributed by atoms with Crippen LogP contribution in [0.25, 0.3) is 11.1 Å². The summed E-state index contributed by atoms with van der Waals surface area (Å²) in [5, 5.41) is 22.9. The van der Waals surface area contributed by atoms with Crippen LogP contribution < -0.4 is 5.32 Å². The standard InChI is InChI=1S/C26H31N3O3/c1-18-4-8-21(9-5-18)22-12-23(25(31)17-29(3)10-11-30)14-24(13-22)26(32)28-16-20-7-6-19(2)27-15-20/h4-9,12-15,25,30-31H,10-11,16-17H2,1-3H3,(H,28,32). The number of rotatable bonds is 9. The Balaban J connectivity index is 1.87. The van der Waals surface area contributed by atoms with Crippen LogP contribution in [0, 0.1) is 13.8 Å². The van der Waals surface area contributed by atoms with E-state index < -0.39 is 6.10 Å². The van der Waals surface area contributed by atoms with Crippen LogP contribution in [0.2, 0.25) is 0 Å². The van der Waals surface area contributed by atoms with E-state index in [1.54, 1.807) is 12.3 Å². The number of pyridine rings is 1. The van der Waals surface area contributed by atoms with E-state index in [2.05, 4.69) is 10.3 Å². The quantitative estimate of drug-likeness (QED) is 0.482. The molecule has 32 heavy (non-hydrogen) atoms. The first-order valence-electron chi connectivity index (χ1n) is 10.7. The molecule has 168 valence electrons. The third kappa shape index (κ3) is 6.47. The van der Waals surface area contributed by atoms with Crippen LogP contribution in [0.15, 0.2) is 60.8 Å². The predicted octanol–water partition coefficient (Wildman–Crippen LogP) is 3.25. The summed E-state index contributed by atoms with van der Waals surface area (Å²) in [5.41, 5.74) is 6.00. The highest BCUT2D eigenvalue weighted by molar-refractivity contribution is 5.95. The molecular formula is C26H31N3O3. The molecule has 2 aromatic carbocycles. The molecule has 3 rings (SSSR count).